The summed E-state index contributed by atoms with van der Waals surface area (Å²) in [5.41, 5.74) is 0. The second-order valence-electron chi connectivity index (χ2n) is 3.68. The molecule has 0 aliphatic rings. The first-order valence-corrected chi connectivity index (χ1v) is 6.05. The molecule has 2 N–H and O–H groups in total. The molecule has 0 heterocycles. The van der Waals surface area contributed by atoms with Crippen LogP contribution in [0.5, 0.6) is 0 Å². The maximum atomic E-state index is 8.39. The highest BCUT2D eigenvalue weighted by Gasteiger charge is 1.88. The molecule has 94 valence electrons. The number of hydrogen-bond donors (Lipinski definition) is 2. The highest BCUT2D eigenvalue weighted by atomic mass is 16.5. The summed E-state index contributed by atoms with van der Waals surface area (Å²) in [6.07, 6.45) is 5.04. The average molecular weight is 220 g/mol. The minimum Gasteiger partial charge on any atom is -0.396 e. The summed E-state index contributed by atoms with van der Waals surface area (Å²) in [4.78, 5) is 0. The van der Waals surface area contributed by atoms with E-state index in [9.17, 15) is 0 Å². The normalized spacial score (nSPS) is 11.8. The Morgan fingerprint density at radius 2 is 1.53 bits per heavy atom. The molecule has 1 atom stereocenters. The number of unbranched alkanes of at least 4 members (excludes halogenated alkanes) is 2. The van der Waals surface area contributed by atoms with Crippen LogP contribution in [0.1, 0.15) is 52.9 Å². The Balaban J connectivity index is 0. The monoisotopic (exact) mass is 220 g/mol. The summed E-state index contributed by atoms with van der Waals surface area (Å²) >= 11 is 0. The van der Waals surface area contributed by atoms with Gasteiger partial charge in [0.2, 0.25) is 0 Å². The fourth-order valence-electron chi connectivity index (χ4n) is 0.782. The van der Waals surface area contributed by atoms with Gasteiger partial charge in [-0.1, -0.05) is 26.7 Å². The zero-order valence-corrected chi connectivity index (χ0v) is 10.5. The van der Waals surface area contributed by atoms with Crippen molar-refractivity contribution >= 4 is 0 Å². The molecule has 0 bridgehead atoms. The maximum Gasteiger partial charge on any atom is 0.0533 e. The van der Waals surface area contributed by atoms with Crippen molar-refractivity contribution in [1.82, 2.24) is 0 Å². The quantitative estimate of drug-likeness (QED) is 0.617. The molecule has 0 aromatic rings. The second kappa shape index (κ2) is 16.3. The molecule has 0 fully saturated rings. The van der Waals surface area contributed by atoms with Gasteiger partial charge in [0.15, 0.2) is 0 Å². The van der Waals surface area contributed by atoms with Gasteiger partial charge >= 0.3 is 0 Å². The minimum absolute atomic E-state index is 0.0810. The first-order chi connectivity index (χ1) is 7.18. The van der Waals surface area contributed by atoms with Gasteiger partial charge in [0, 0.05) is 19.8 Å². The molecule has 0 rings (SSSR count). The Morgan fingerprint density at radius 1 is 1.07 bits per heavy atom. The number of hydrogen-bond acceptors (Lipinski definition) is 3. The Bertz CT molecular complexity index is 88.9. The first kappa shape index (κ1) is 17.3. The van der Waals surface area contributed by atoms with Gasteiger partial charge < -0.3 is 14.9 Å². The summed E-state index contributed by atoms with van der Waals surface area (Å²) in [6, 6.07) is 0. The summed E-state index contributed by atoms with van der Waals surface area (Å²) in [5, 5.41) is 16.5. The third kappa shape index (κ3) is 24.8. The lowest BCUT2D eigenvalue weighted by Crippen LogP contribution is -2.00. The molecular formula is C12H28O3. The molecule has 15 heavy (non-hydrogen) atoms. The molecule has 0 saturated heterocycles. The van der Waals surface area contributed by atoms with E-state index in [0.29, 0.717) is 6.42 Å². The number of aliphatic hydroxyl groups is 2. The van der Waals surface area contributed by atoms with Crippen molar-refractivity contribution in [2.75, 3.05) is 19.8 Å². The highest BCUT2D eigenvalue weighted by molar-refractivity contribution is 4.40. The molecule has 0 aromatic heterocycles. The fraction of sp³-hybridized carbons (Fsp3) is 1.00. The van der Waals surface area contributed by atoms with Crippen LogP contribution in [0.4, 0.5) is 0 Å². The lowest BCUT2D eigenvalue weighted by Gasteiger charge is -1.99. The third-order valence-electron chi connectivity index (χ3n) is 1.83. The molecule has 0 amide bonds. The molecule has 1 unspecified atom stereocenters. The molecule has 0 aliphatic carbocycles. The van der Waals surface area contributed by atoms with Gasteiger partial charge in [-0.15, -0.1) is 0 Å². The van der Waals surface area contributed by atoms with Gasteiger partial charge in [0.05, 0.1) is 6.10 Å². The van der Waals surface area contributed by atoms with Gasteiger partial charge in [0.1, 0.15) is 0 Å². The van der Waals surface area contributed by atoms with Gasteiger partial charge in [-0.2, -0.15) is 0 Å². The smallest absolute Gasteiger partial charge is 0.0533 e. The zero-order valence-electron chi connectivity index (χ0n) is 10.5. The van der Waals surface area contributed by atoms with Crippen LogP contribution in [0.3, 0.4) is 0 Å². The van der Waals surface area contributed by atoms with Crippen molar-refractivity contribution in [3.63, 3.8) is 0 Å². The standard InChI is InChI=1S/C8H18O.C4H10O2/c1-3-5-7-9-8-6-4-2;1-4(6)2-3-5/h3-8H2,1-2H3;4-6H,2-3H2,1H3. The molecule has 3 heteroatoms. The van der Waals surface area contributed by atoms with E-state index in [0.717, 1.165) is 13.2 Å². The van der Waals surface area contributed by atoms with Crippen molar-refractivity contribution < 1.29 is 14.9 Å². The van der Waals surface area contributed by atoms with Crippen LogP contribution in [0.2, 0.25) is 0 Å². The van der Waals surface area contributed by atoms with Crippen molar-refractivity contribution in [2.24, 2.45) is 0 Å². The predicted octanol–water partition coefficient (Wildman–Crippen LogP) is 2.35. The van der Waals surface area contributed by atoms with Crippen LogP contribution < -0.4 is 0 Å². The lowest BCUT2D eigenvalue weighted by atomic mass is 10.3. The van der Waals surface area contributed by atoms with E-state index in [1.807, 2.05) is 0 Å². The van der Waals surface area contributed by atoms with E-state index < -0.39 is 0 Å². The van der Waals surface area contributed by atoms with Gasteiger partial charge in [0.25, 0.3) is 0 Å². The van der Waals surface area contributed by atoms with E-state index in [4.69, 9.17) is 14.9 Å². The zero-order chi connectivity index (χ0) is 11.9. The molecule has 0 spiro atoms. The van der Waals surface area contributed by atoms with E-state index >= 15 is 0 Å². The van der Waals surface area contributed by atoms with E-state index in [1.54, 1.807) is 6.92 Å². The topological polar surface area (TPSA) is 49.7 Å². The second-order valence-corrected chi connectivity index (χ2v) is 3.68. The summed E-state index contributed by atoms with van der Waals surface area (Å²) < 4.78 is 5.31. The molecule has 0 saturated carbocycles. The van der Waals surface area contributed by atoms with Gasteiger partial charge in [-0.25, -0.2) is 0 Å². The van der Waals surface area contributed by atoms with Crippen LogP contribution in [0, 0.1) is 0 Å². The largest absolute Gasteiger partial charge is 0.396 e. The summed E-state index contributed by atoms with van der Waals surface area (Å²) in [7, 11) is 0. The summed E-state index contributed by atoms with van der Waals surface area (Å²) in [5.74, 6) is 0. The molecule has 3 nitrogen and oxygen atoms in total. The molecular weight excluding hydrogens is 192 g/mol. The molecule has 0 radical (unpaired) electrons. The van der Waals surface area contributed by atoms with Crippen LogP contribution in [0.25, 0.3) is 0 Å². The number of ether oxygens (including phenoxy) is 1. The fourth-order valence-corrected chi connectivity index (χ4v) is 0.782. The first-order valence-electron chi connectivity index (χ1n) is 6.05. The Kier molecular flexibility index (Phi) is 18.8. The summed E-state index contributed by atoms with van der Waals surface area (Å²) in [6.45, 7) is 8.01. The predicted molar refractivity (Wildman–Crippen MR) is 64.0 cm³/mol. The van der Waals surface area contributed by atoms with E-state index in [-0.39, 0.29) is 12.7 Å². The van der Waals surface area contributed by atoms with E-state index in [2.05, 4.69) is 13.8 Å². The average Bonchev–Trinajstić information content (AvgIpc) is 2.18. The number of rotatable bonds is 8. The van der Waals surface area contributed by atoms with Crippen molar-refractivity contribution in [2.45, 2.75) is 59.0 Å². The highest BCUT2D eigenvalue weighted by Crippen LogP contribution is 1.91. The van der Waals surface area contributed by atoms with Crippen LogP contribution in [-0.4, -0.2) is 36.1 Å². The van der Waals surface area contributed by atoms with Crippen LogP contribution in [0.15, 0.2) is 0 Å². The maximum absolute atomic E-state index is 8.39. The Morgan fingerprint density at radius 3 is 1.73 bits per heavy atom. The SMILES string of the molecule is CC(O)CCO.CCCCOCCCC. The van der Waals surface area contributed by atoms with Gasteiger partial charge in [-0.3, -0.25) is 0 Å². The minimum atomic E-state index is -0.352. The van der Waals surface area contributed by atoms with Crippen molar-refractivity contribution in [3.8, 4) is 0 Å². The third-order valence-corrected chi connectivity index (χ3v) is 1.83. The number of aliphatic hydroxyl groups excluding tert-OH is 2. The lowest BCUT2D eigenvalue weighted by molar-refractivity contribution is 0.128. The van der Waals surface area contributed by atoms with Crippen LogP contribution in [-0.2, 0) is 4.74 Å². The van der Waals surface area contributed by atoms with Crippen molar-refractivity contribution in [1.29, 1.82) is 0 Å². The van der Waals surface area contributed by atoms with Gasteiger partial charge in [-0.05, 0) is 26.2 Å². The molecule has 0 aliphatic heterocycles. The molecule has 0 aromatic carbocycles. The van der Waals surface area contributed by atoms with Crippen LogP contribution >= 0.6 is 0 Å². The Labute approximate surface area is 94.5 Å². The Hall–Kier alpha value is -0.120. The van der Waals surface area contributed by atoms with E-state index in [1.165, 1.54) is 25.7 Å². The van der Waals surface area contributed by atoms with Crippen molar-refractivity contribution in [3.05, 3.63) is 0 Å².